The third kappa shape index (κ3) is 3.59. The molecule has 26 heavy (non-hydrogen) atoms. The molecular formula is C22H21NO3. The van der Waals surface area contributed by atoms with E-state index in [-0.39, 0.29) is 12.4 Å². The second-order valence-electron chi connectivity index (χ2n) is 6.32. The quantitative estimate of drug-likeness (QED) is 0.506. The number of benzene rings is 2. The first kappa shape index (κ1) is 17.7. The summed E-state index contributed by atoms with van der Waals surface area (Å²) in [6, 6.07) is 18.7. The second kappa shape index (κ2) is 7.40. The van der Waals surface area contributed by atoms with Gasteiger partial charge in [0.05, 0.1) is 5.56 Å². The molecule has 1 aromatic heterocycles. The molecule has 3 rings (SSSR count). The molecule has 0 saturated heterocycles. The largest absolute Gasteiger partial charge is 0.454 e. The fourth-order valence-corrected chi connectivity index (χ4v) is 2.98. The molecule has 132 valence electrons. The molecule has 3 aromatic rings. The summed E-state index contributed by atoms with van der Waals surface area (Å²) in [5.74, 6) is -0.702. The van der Waals surface area contributed by atoms with E-state index in [0.29, 0.717) is 11.1 Å². The van der Waals surface area contributed by atoms with Crippen molar-refractivity contribution in [2.45, 2.75) is 20.8 Å². The summed E-state index contributed by atoms with van der Waals surface area (Å²) < 4.78 is 7.26. The number of esters is 1. The summed E-state index contributed by atoms with van der Waals surface area (Å²) in [5.41, 5.74) is 4.91. The van der Waals surface area contributed by atoms with Crippen LogP contribution >= 0.6 is 0 Å². The van der Waals surface area contributed by atoms with Crippen LogP contribution in [0.5, 0.6) is 0 Å². The van der Waals surface area contributed by atoms with Crippen LogP contribution in [0.4, 0.5) is 0 Å². The minimum atomic E-state index is -0.485. The van der Waals surface area contributed by atoms with Crippen LogP contribution < -0.4 is 0 Å². The van der Waals surface area contributed by atoms with Crippen molar-refractivity contribution in [3.05, 3.63) is 88.7 Å². The van der Waals surface area contributed by atoms with Gasteiger partial charge in [-0.2, -0.15) is 0 Å². The third-order valence-electron chi connectivity index (χ3n) is 4.37. The number of aryl methyl sites for hydroxylation is 2. The van der Waals surface area contributed by atoms with Crippen molar-refractivity contribution in [2.75, 3.05) is 6.61 Å². The van der Waals surface area contributed by atoms with Crippen LogP contribution in [0.1, 0.15) is 37.7 Å². The third-order valence-corrected chi connectivity index (χ3v) is 4.37. The molecule has 0 radical (unpaired) electrons. The van der Waals surface area contributed by atoms with Crippen LogP contribution in [-0.4, -0.2) is 22.9 Å². The number of aromatic nitrogens is 1. The minimum absolute atomic E-state index is 0.216. The van der Waals surface area contributed by atoms with E-state index in [9.17, 15) is 9.59 Å². The molecule has 0 unspecified atom stereocenters. The van der Waals surface area contributed by atoms with Crippen LogP contribution in [0, 0.1) is 20.8 Å². The average Bonchev–Trinajstić information content (AvgIpc) is 2.95. The van der Waals surface area contributed by atoms with Gasteiger partial charge >= 0.3 is 5.97 Å². The Hall–Kier alpha value is -3.14. The van der Waals surface area contributed by atoms with E-state index in [0.717, 1.165) is 17.1 Å². The Kier molecular flexibility index (Phi) is 5.03. The molecule has 0 amide bonds. The van der Waals surface area contributed by atoms with Crippen molar-refractivity contribution < 1.29 is 14.3 Å². The summed E-state index contributed by atoms with van der Waals surface area (Å²) >= 11 is 0. The fraction of sp³-hybridized carbons (Fsp3) is 0.182. The second-order valence-corrected chi connectivity index (χ2v) is 6.32. The lowest BCUT2D eigenvalue weighted by atomic mass is 10.1. The standard InChI is InChI=1S/C22H21NO3/c1-15-9-11-19(12-10-15)23-16(2)13-20(17(23)3)22(25)26-14-21(24)18-7-5-4-6-8-18/h4-13H,14H2,1-3H3. The summed E-state index contributed by atoms with van der Waals surface area (Å²) in [5, 5.41) is 0. The van der Waals surface area contributed by atoms with Crippen LogP contribution in [0.3, 0.4) is 0 Å². The average molecular weight is 347 g/mol. The molecule has 4 heteroatoms. The summed E-state index contributed by atoms with van der Waals surface area (Å²) in [6.07, 6.45) is 0. The zero-order valence-electron chi connectivity index (χ0n) is 15.2. The Morgan fingerprint density at radius 2 is 1.58 bits per heavy atom. The molecular weight excluding hydrogens is 326 g/mol. The topological polar surface area (TPSA) is 48.3 Å². The van der Waals surface area contributed by atoms with Crippen molar-refractivity contribution in [1.82, 2.24) is 4.57 Å². The maximum atomic E-state index is 12.5. The van der Waals surface area contributed by atoms with Gasteiger partial charge in [0.15, 0.2) is 12.4 Å². The molecule has 0 aliphatic carbocycles. The molecule has 0 fully saturated rings. The van der Waals surface area contributed by atoms with Crippen molar-refractivity contribution in [2.24, 2.45) is 0 Å². The smallest absolute Gasteiger partial charge is 0.340 e. The number of nitrogens with zero attached hydrogens (tertiary/aromatic N) is 1. The Morgan fingerprint density at radius 3 is 2.23 bits per heavy atom. The number of hydrogen-bond acceptors (Lipinski definition) is 3. The van der Waals surface area contributed by atoms with Gasteiger partial charge in [0.25, 0.3) is 0 Å². The zero-order chi connectivity index (χ0) is 18.7. The highest BCUT2D eigenvalue weighted by Crippen LogP contribution is 2.22. The molecule has 0 aliphatic rings. The lowest BCUT2D eigenvalue weighted by Gasteiger charge is -2.10. The van der Waals surface area contributed by atoms with E-state index in [1.54, 1.807) is 30.3 Å². The Labute approximate surface area is 153 Å². The molecule has 1 heterocycles. The van der Waals surface area contributed by atoms with Crippen molar-refractivity contribution in [3.8, 4) is 5.69 Å². The fourth-order valence-electron chi connectivity index (χ4n) is 2.98. The van der Waals surface area contributed by atoms with Gasteiger partial charge in [-0.3, -0.25) is 4.79 Å². The van der Waals surface area contributed by atoms with Crippen molar-refractivity contribution in [1.29, 1.82) is 0 Å². The first-order valence-corrected chi connectivity index (χ1v) is 8.48. The number of rotatable bonds is 5. The molecule has 4 nitrogen and oxygen atoms in total. The van der Waals surface area contributed by atoms with Crippen molar-refractivity contribution >= 4 is 11.8 Å². The molecule has 0 atom stereocenters. The van der Waals surface area contributed by atoms with Gasteiger partial charge in [-0.25, -0.2) is 4.79 Å². The number of carbonyl (C=O) groups excluding carboxylic acids is 2. The molecule has 2 aromatic carbocycles. The SMILES string of the molecule is Cc1ccc(-n2c(C)cc(C(=O)OCC(=O)c3ccccc3)c2C)cc1. The number of ketones is 1. The Morgan fingerprint density at radius 1 is 0.923 bits per heavy atom. The summed E-state index contributed by atoms with van der Waals surface area (Å²) in [4.78, 5) is 24.6. The van der Waals surface area contributed by atoms with E-state index in [1.807, 2.05) is 55.7 Å². The molecule has 0 bridgehead atoms. The zero-order valence-corrected chi connectivity index (χ0v) is 15.2. The Balaban J connectivity index is 1.77. The van der Waals surface area contributed by atoms with Gasteiger partial charge in [-0.1, -0.05) is 48.0 Å². The first-order chi connectivity index (χ1) is 12.5. The van der Waals surface area contributed by atoms with Gasteiger partial charge in [-0.05, 0) is 39.0 Å². The predicted molar refractivity (Wildman–Crippen MR) is 101 cm³/mol. The normalized spacial score (nSPS) is 10.6. The van der Waals surface area contributed by atoms with E-state index >= 15 is 0 Å². The lowest BCUT2D eigenvalue weighted by Crippen LogP contribution is -2.14. The lowest BCUT2D eigenvalue weighted by molar-refractivity contribution is 0.0474. The van der Waals surface area contributed by atoms with E-state index in [2.05, 4.69) is 0 Å². The number of Topliss-reactive ketones (excluding diaryl/α,β-unsaturated/α-hetero) is 1. The first-order valence-electron chi connectivity index (χ1n) is 8.48. The van der Waals surface area contributed by atoms with Crippen LogP contribution in [-0.2, 0) is 4.74 Å². The monoisotopic (exact) mass is 347 g/mol. The minimum Gasteiger partial charge on any atom is -0.454 e. The van der Waals surface area contributed by atoms with Gasteiger partial charge in [-0.15, -0.1) is 0 Å². The van der Waals surface area contributed by atoms with Crippen molar-refractivity contribution in [3.63, 3.8) is 0 Å². The van der Waals surface area contributed by atoms with Crippen LogP contribution in [0.15, 0.2) is 60.7 Å². The molecule has 0 saturated carbocycles. The van der Waals surface area contributed by atoms with E-state index in [4.69, 9.17) is 4.74 Å². The van der Waals surface area contributed by atoms with E-state index in [1.165, 1.54) is 5.56 Å². The van der Waals surface area contributed by atoms with Crippen LogP contribution in [0.2, 0.25) is 0 Å². The van der Waals surface area contributed by atoms with Gasteiger partial charge in [0.2, 0.25) is 0 Å². The molecule has 0 aliphatic heterocycles. The van der Waals surface area contributed by atoms with E-state index < -0.39 is 5.97 Å². The van der Waals surface area contributed by atoms with Gasteiger partial charge in [0, 0.05) is 22.6 Å². The number of hydrogen-bond donors (Lipinski definition) is 0. The highest BCUT2D eigenvalue weighted by Gasteiger charge is 2.19. The highest BCUT2D eigenvalue weighted by molar-refractivity contribution is 5.99. The Bertz CT molecular complexity index is 938. The molecule has 0 N–H and O–H groups in total. The van der Waals surface area contributed by atoms with Crippen LogP contribution in [0.25, 0.3) is 5.69 Å². The maximum Gasteiger partial charge on any atom is 0.340 e. The molecule has 0 spiro atoms. The number of ether oxygens (including phenoxy) is 1. The maximum absolute atomic E-state index is 12.5. The van der Waals surface area contributed by atoms with Gasteiger partial charge in [0.1, 0.15) is 0 Å². The highest BCUT2D eigenvalue weighted by atomic mass is 16.5. The number of carbonyl (C=O) groups is 2. The summed E-state index contributed by atoms with van der Waals surface area (Å²) in [6.45, 7) is 5.59. The predicted octanol–water partition coefficient (Wildman–Crippen LogP) is 4.44. The summed E-state index contributed by atoms with van der Waals surface area (Å²) in [7, 11) is 0. The van der Waals surface area contributed by atoms with Gasteiger partial charge < -0.3 is 9.30 Å².